The van der Waals surface area contributed by atoms with E-state index < -0.39 is 11.8 Å². The zero-order chi connectivity index (χ0) is 17.8. The normalized spacial score (nSPS) is 12.1. The summed E-state index contributed by atoms with van der Waals surface area (Å²) < 4.78 is 29.0. The van der Waals surface area contributed by atoms with Crippen LogP contribution in [0.3, 0.4) is 0 Å². The van der Waals surface area contributed by atoms with E-state index in [0.717, 1.165) is 5.56 Å². The molecule has 0 aliphatic carbocycles. The molecular formula is C18H14ClFO5. The van der Waals surface area contributed by atoms with Gasteiger partial charge in [-0.25, -0.2) is 4.39 Å². The molecule has 7 heteroatoms. The summed E-state index contributed by atoms with van der Waals surface area (Å²) >= 11 is 5.85. The molecule has 1 aliphatic rings. The average molecular weight is 365 g/mol. The number of carbonyl (C=O) groups is 2. The monoisotopic (exact) mass is 364 g/mol. The first kappa shape index (κ1) is 17.2. The quantitative estimate of drug-likeness (QED) is 0.737. The first-order valence-corrected chi connectivity index (χ1v) is 7.89. The Morgan fingerprint density at radius 3 is 2.72 bits per heavy atom. The molecule has 0 radical (unpaired) electrons. The molecule has 0 saturated carbocycles. The third-order valence-corrected chi connectivity index (χ3v) is 3.97. The molecule has 0 N–H and O–H groups in total. The fourth-order valence-corrected chi connectivity index (χ4v) is 2.62. The van der Waals surface area contributed by atoms with E-state index in [1.54, 1.807) is 18.2 Å². The molecule has 2 aromatic carbocycles. The SMILES string of the molecule is O=C(COC(=O)Cc1c(F)cccc1Cl)Cc1ccc2c(c1)OCO2. The first-order chi connectivity index (χ1) is 12.0. The Hall–Kier alpha value is -2.60. The molecule has 0 amide bonds. The van der Waals surface area contributed by atoms with Gasteiger partial charge < -0.3 is 14.2 Å². The van der Waals surface area contributed by atoms with Crippen LogP contribution in [-0.2, 0) is 27.2 Å². The molecule has 1 heterocycles. The second kappa shape index (κ2) is 7.53. The van der Waals surface area contributed by atoms with E-state index >= 15 is 0 Å². The number of carbonyl (C=O) groups excluding carboxylic acids is 2. The van der Waals surface area contributed by atoms with Gasteiger partial charge in [-0.2, -0.15) is 0 Å². The fraction of sp³-hybridized carbons (Fsp3) is 0.222. The summed E-state index contributed by atoms with van der Waals surface area (Å²) in [6.07, 6.45) is -0.243. The molecule has 0 saturated heterocycles. The van der Waals surface area contributed by atoms with Crippen molar-refractivity contribution in [3.63, 3.8) is 0 Å². The number of Topliss-reactive ketones (excluding diaryl/α,β-unsaturated/α-hetero) is 1. The van der Waals surface area contributed by atoms with E-state index in [9.17, 15) is 14.0 Å². The molecule has 0 aromatic heterocycles. The summed E-state index contributed by atoms with van der Waals surface area (Å²) in [4.78, 5) is 23.7. The maximum atomic E-state index is 13.6. The van der Waals surface area contributed by atoms with E-state index in [-0.39, 0.29) is 42.6 Å². The molecule has 2 aromatic rings. The van der Waals surface area contributed by atoms with Crippen LogP contribution in [0.5, 0.6) is 11.5 Å². The van der Waals surface area contributed by atoms with E-state index in [2.05, 4.69) is 0 Å². The number of rotatable bonds is 6. The van der Waals surface area contributed by atoms with Crippen LogP contribution in [0, 0.1) is 5.82 Å². The summed E-state index contributed by atoms with van der Waals surface area (Å²) in [6.45, 7) is -0.234. The second-order valence-corrected chi connectivity index (χ2v) is 5.85. The fourth-order valence-electron chi connectivity index (χ4n) is 2.39. The van der Waals surface area contributed by atoms with E-state index in [1.165, 1.54) is 18.2 Å². The van der Waals surface area contributed by atoms with Crippen LogP contribution in [0.2, 0.25) is 5.02 Å². The standard InChI is InChI=1S/C18H14ClFO5/c19-14-2-1-3-15(20)13(14)8-18(22)23-9-12(21)6-11-4-5-16-17(7-11)25-10-24-16/h1-5,7H,6,8-10H2. The summed E-state index contributed by atoms with van der Waals surface area (Å²) in [7, 11) is 0. The van der Waals surface area contributed by atoms with Gasteiger partial charge in [0.1, 0.15) is 12.4 Å². The van der Waals surface area contributed by atoms with Crippen molar-refractivity contribution < 1.29 is 28.2 Å². The van der Waals surface area contributed by atoms with Gasteiger partial charge in [-0.1, -0.05) is 23.7 Å². The lowest BCUT2D eigenvalue weighted by atomic mass is 10.1. The van der Waals surface area contributed by atoms with E-state index in [0.29, 0.717) is 11.5 Å². The molecule has 25 heavy (non-hydrogen) atoms. The third-order valence-electron chi connectivity index (χ3n) is 3.62. The number of esters is 1. The number of fused-ring (bicyclic) bond motifs is 1. The molecule has 0 unspecified atom stereocenters. The zero-order valence-electron chi connectivity index (χ0n) is 13.1. The Morgan fingerprint density at radius 1 is 1.12 bits per heavy atom. The molecule has 5 nitrogen and oxygen atoms in total. The Kier molecular flexibility index (Phi) is 5.19. The van der Waals surface area contributed by atoms with Crippen molar-refractivity contribution in [2.75, 3.05) is 13.4 Å². The molecule has 0 bridgehead atoms. The highest BCUT2D eigenvalue weighted by Crippen LogP contribution is 2.32. The number of benzene rings is 2. The van der Waals surface area contributed by atoms with Crippen LogP contribution in [0.25, 0.3) is 0 Å². The summed E-state index contributed by atoms with van der Waals surface area (Å²) in [5, 5.41) is 0.142. The van der Waals surface area contributed by atoms with Gasteiger partial charge in [0.25, 0.3) is 0 Å². The lowest BCUT2D eigenvalue weighted by Gasteiger charge is -2.07. The van der Waals surface area contributed by atoms with Gasteiger partial charge in [0.2, 0.25) is 6.79 Å². The maximum absolute atomic E-state index is 13.6. The second-order valence-electron chi connectivity index (χ2n) is 5.44. The topological polar surface area (TPSA) is 61.8 Å². The van der Waals surface area contributed by atoms with Crippen LogP contribution in [0.1, 0.15) is 11.1 Å². The van der Waals surface area contributed by atoms with Crippen molar-refractivity contribution in [3.05, 3.63) is 58.4 Å². The van der Waals surface area contributed by atoms with Crippen molar-refractivity contribution in [1.29, 1.82) is 0 Å². The molecule has 130 valence electrons. The van der Waals surface area contributed by atoms with Crippen molar-refractivity contribution in [1.82, 2.24) is 0 Å². The third kappa shape index (κ3) is 4.28. The van der Waals surface area contributed by atoms with E-state index in [4.69, 9.17) is 25.8 Å². The predicted molar refractivity (Wildman–Crippen MR) is 87.3 cm³/mol. The highest BCUT2D eigenvalue weighted by Gasteiger charge is 2.16. The van der Waals surface area contributed by atoms with Gasteiger partial charge in [-0.05, 0) is 29.8 Å². The Balaban J connectivity index is 1.51. The van der Waals surface area contributed by atoms with Crippen molar-refractivity contribution in [2.45, 2.75) is 12.8 Å². The maximum Gasteiger partial charge on any atom is 0.310 e. The van der Waals surface area contributed by atoms with Crippen LogP contribution in [0.15, 0.2) is 36.4 Å². The van der Waals surface area contributed by atoms with Gasteiger partial charge in [0.15, 0.2) is 17.3 Å². The molecular weight excluding hydrogens is 351 g/mol. The number of halogens is 2. The molecule has 0 fully saturated rings. The van der Waals surface area contributed by atoms with E-state index in [1.807, 2.05) is 0 Å². The molecule has 3 rings (SSSR count). The summed E-state index contributed by atoms with van der Waals surface area (Å²) in [5.41, 5.74) is 0.778. The largest absolute Gasteiger partial charge is 0.457 e. The van der Waals surface area contributed by atoms with Crippen molar-refractivity contribution >= 4 is 23.4 Å². The van der Waals surface area contributed by atoms with Gasteiger partial charge in [-0.3, -0.25) is 9.59 Å². The first-order valence-electron chi connectivity index (χ1n) is 7.51. The van der Waals surface area contributed by atoms with Gasteiger partial charge in [0.05, 0.1) is 6.42 Å². The number of hydrogen-bond acceptors (Lipinski definition) is 5. The minimum absolute atomic E-state index is 0.0531. The van der Waals surface area contributed by atoms with Crippen molar-refractivity contribution in [2.24, 2.45) is 0 Å². The zero-order valence-corrected chi connectivity index (χ0v) is 13.8. The lowest BCUT2D eigenvalue weighted by Crippen LogP contribution is -2.17. The highest BCUT2D eigenvalue weighted by molar-refractivity contribution is 6.31. The van der Waals surface area contributed by atoms with Crippen LogP contribution in [-0.4, -0.2) is 25.2 Å². The van der Waals surface area contributed by atoms with Crippen molar-refractivity contribution in [3.8, 4) is 11.5 Å². The minimum Gasteiger partial charge on any atom is -0.457 e. The Labute approximate surface area is 148 Å². The predicted octanol–water partition coefficient (Wildman–Crippen LogP) is 3.11. The van der Waals surface area contributed by atoms with Crippen LogP contribution >= 0.6 is 11.6 Å². The average Bonchev–Trinajstić information content (AvgIpc) is 3.04. The smallest absolute Gasteiger partial charge is 0.310 e. The Bertz CT molecular complexity index is 801. The van der Waals surface area contributed by atoms with Crippen LogP contribution in [0.4, 0.5) is 4.39 Å². The minimum atomic E-state index is -0.717. The molecule has 1 aliphatic heterocycles. The highest BCUT2D eigenvalue weighted by atomic mass is 35.5. The van der Waals surface area contributed by atoms with Gasteiger partial charge in [0, 0.05) is 17.0 Å². The summed E-state index contributed by atoms with van der Waals surface area (Å²) in [5.74, 6) is -0.380. The van der Waals surface area contributed by atoms with Crippen LogP contribution < -0.4 is 9.47 Å². The Morgan fingerprint density at radius 2 is 1.92 bits per heavy atom. The molecule has 0 spiro atoms. The van der Waals surface area contributed by atoms with Gasteiger partial charge >= 0.3 is 5.97 Å². The summed E-state index contributed by atoms with van der Waals surface area (Å²) in [6, 6.07) is 9.31. The number of hydrogen-bond donors (Lipinski definition) is 0. The lowest BCUT2D eigenvalue weighted by molar-refractivity contribution is -0.147. The van der Waals surface area contributed by atoms with Gasteiger partial charge in [-0.15, -0.1) is 0 Å². The molecule has 0 atom stereocenters. The number of ether oxygens (including phenoxy) is 3. The number of ketones is 1.